The van der Waals surface area contributed by atoms with Gasteiger partial charge in [0.1, 0.15) is 11.5 Å². The summed E-state index contributed by atoms with van der Waals surface area (Å²) in [6.45, 7) is 1.81. The Hall–Kier alpha value is -3.94. The number of rotatable bonds is 7. The van der Waals surface area contributed by atoms with Gasteiger partial charge in [-0.1, -0.05) is 97.9 Å². The molecule has 0 aliphatic heterocycles. The molecule has 36 heavy (non-hydrogen) atoms. The van der Waals surface area contributed by atoms with Crippen molar-refractivity contribution in [1.82, 2.24) is 0 Å². The van der Waals surface area contributed by atoms with E-state index in [4.69, 9.17) is 9.47 Å². The number of carbonyl (C=O) groups is 1. The average Bonchev–Trinajstić information content (AvgIpc) is 2.94. The van der Waals surface area contributed by atoms with Crippen molar-refractivity contribution in [2.24, 2.45) is 0 Å². The summed E-state index contributed by atoms with van der Waals surface area (Å²) in [5.74, 6) is 1.06. The van der Waals surface area contributed by atoms with Gasteiger partial charge in [-0.2, -0.15) is 0 Å². The third-order valence-electron chi connectivity index (χ3n) is 6.15. The Bertz CT molecular complexity index is 1460. The minimum Gasteiger partial charge on any atom is -0.497 e. The van der Waals surface area contributed by atoms with E-state index < -0.39 is 7.92 Å². The highest BCUT2D eigenvalue weighted by Gasteiger charge is 2.24. The van der Waals surface area contributed by atoms with Gasteiger partial charge in [0, 0.05) is 12.0 Å². The Balaban J connectivity index is 1.84. The molecule has 0 aliphatic rings. The first-order valence-corrected chi connectivity index (χ1v) is 13.3. The molecular weight excluding hydrogens is 463 g/mol. The van der Waals surface area contributed by atoms with Crippen molar-refractivity contribution in [3.8, 4) is 22.6 Å². The molecule has 0 heterocycles. The van der Waals surface area contributed by atoms with Gasteiger partial charge in [0.05, 0.1) is 7.11 Å². The second-order valence-corrected chi connectivity index (χ2v) is 10.6. The normalized spacial score (nSPS) is 11.0. The molecule has 0 atom stereocenters. The third kappa shape index (κ3) is 4.76. The van der Waals surface area contributed by atoms with Crippen LogP contribution in [0.2, 0.25) is 0 Å². The van der Waals surface area contributed by atoms with Gasteiger partial charge < -0.3 is 9.47 Å². The van der Waals surface area contributed by atoms with Gasteiger partial charge in [-0.15, -0.1) is 0 Å². The molecule has 0 fully saturated rings. The summed E-state index contributed by atoms with van der Waals surface area (Å²) in [6, 6.07) is 39.6. The quantitative estimate of drug-likeness (QED) is 0.147. The zero-order valence-corrected chi connectivity index (χ0v) is 21.2. The van der Waals surface area contributed by atoms with Crippen LogP contribution in [0.1, 0.15) is 13.3 Å². The summed E-state index contributed by atoms with van der Waals surface area (Å²) >= 11 is 0. The number of methoxy groups -OCH3 is 1. The maximum atomic E-state index is 12.4. The number of esters is 1. The summed E-state index contributed by atoms with van der Waals surface area (Å²) in [7, 11) is 0.782. The average molecular weight is 491 g/mol. The Kier molecular flexibility index (Phi) is 7.11. The predicted octanol–water partition coefficient (Wildman–Crippen LogP) is 6.59. The summed E-state index contributed by atoms with van der Waals surface area (Å²) in [6.07, 6.45) is 0.304. The highest BCUT2D eigenvalue weighted by Crippen LogP contribution is 2.43. The Morgan fingerprint density at radius 1 is 0.750 bits per heavy atom. The number of hydrogen-bond acceptors (Lipinski definition) is 3. The topological polar surface area (TPSA) is 35.5 Å². The molecule has 3 nitrogen and oxygen atoms in total. The summed E-state index contributed by atoms with van der Waals surface area (Å²) < 4.78 is 11.6. The fourth-order valence-electron chi connectivity index (χ4n) is 4.43. The molecule has 0 saturated heterocycles. The van der Waals surface area contributed by atoms with Crippen LogP contribution in [0.4, 0.5) is 0 Å². The molecule has 5 aromatic rings. The zero-order valence-electron chi connectivity index (χ0n) is 20.3. The second kappa shape index (κ2) is 10.8. The molecule has 178 valence electrons. The van der Waals surface area contributed by atoms with Gasteiger partial charge in [-0.3, -0.25) is 4.79 Å². The van der Waals surface area contributed by atoms with E-state index in [9.17, 15) is 4.79 Å². The molecule has 0 spiro atoms. The number of ether oxygens (including phenoxy) is 2. The first-order valence-electron chi connectivity index (χ1n) is 12.0. The first kappa shape index (κ1) is 23.8. The lowest BCUT2D eigenvalue weighted by atomic mass is 9.97. The van der Waals surface area contributed by atoms with Crippen molar-refractivity contribution in [2.75, 3.05) is 7.11 Å². The third-order valence-corrected chi connectivity index (χ3v) is 8.65. The van der Waals surface area contributed by atoms with Crippen LogP contribution in [0.25, 0.3) is 21.9 Å². The summed E-state index contributed by atoms with van der Waals surface area (Å²) in [4.78, 5) is 12.4. The molecule has 0 amide bonds. The lowest BCUT2D eigenvalue weighted by Gasteiger charge is -2.24. The van der Waals surface area contributed by atoms with E-state index in [0.717, 1.165) is 27.6 Å². The van der Waals surface area contributed by atoms with Crippen molar-refractivity contribution in [2.45, 2.75) is 13.3 Å². The summed E-state index contributed by atoms with van der Waals surface area (Å²) in [5.41, 5.74) is 1.91. The molecule has 0 radical (unpaired) electrons. The SMILES string of the molecule is CCC(=O)Oc1ccc2ccccc2c1-c1cc(OC)ccc1P(c1ccccc1)c1ccccc1. The molecule has 0 unspecified atom stereocenters. The van der Waals surface area contributed by atoms with Crippen molar-refractivity contribution in [1.29, 1.82) is 0 Å². The molecule has 0 aromatic heterocycles. The maximum Gasteiger partial charge on any atom is 0.310 e. The number of hydrogen-bond donors (Lipinski definition) is 0. The number of carbonyl (C=O) groups excluding carboxylic acids is 1. The second-order valence-electron chi connectivity index (χ2n) is 8.38. The minimum atomic E-state index is -0.896. The fraction of sp³-hybridized carbons (Fsp3) is 0.0938. The van der Waals surface area contributed by atoms with Crippen LogP contribution < -0.4 is 25.4 Å². The monoisotopic (exact) mass is 490 g/mol. The molecule has 5 rings (SSSR count). The van der Waals surface area contributed by atoms with E-state index in [1.54, 1.807) is 7.11 Å². The van der Waals surface area contributed by atoms with Crippen LogP contribution in [0.3, 0.4) is 0 Å². The smallest absolute Gasteiger partial charge is 0.310 e. The van der Waals surface area contributed by atoms with Crippen LogP contribution in [-0.4, -0.2) is 13.1 Å². The van der Waals surface area contributed by atoms with E-state index in [1.807, 2.05) is 49.4 Å². The van der Waals surface area contributed by atoms with E-state index in [0.29, 0.717) is 12.2 Å². The van der Waals surface area contributed by atoms with E-state index in [2.05, 4.69) is 72.8 Å². The van der Waals surface area contributed by atoms with E-state index in [-0.39, 0.29) is 5.97 Å². The number of benzene rings is 5. The zero-order chi connectivity index (χ0) is 24.9. The first-order chi connectivity index (χ1) is 17.7. The highest BCUT2D eigenvalue weighted by atomic mass is 31.1. The molecule has 0 bridgehead atoms. The van der Waals surface area contributed by atoms with Gasteiger partial charge in [-0.25, -0.2) is 0 Å². The van der Waals surface area contributed by atoms with Crippen LogP contribution in [-0.2, 0) is 4.79 Å². The largest absolute Gasteiger partial charge is 0.497 e. The lowest BCUT2D eigenvalue weighted by molar-refractivity contribution is -0.133. The maximum absolute atomic E-state index is 12.4. The molecule has 0 N–H and O–H groups in total. The Morgan fingerprint density at radius 2 is 1.39 bits per heavy atom. The molecule has 0 aliphatic carbocycles. The van der Waals surface area contributed by atoms with E-state index in [1.165, 1.54) is 15.9 Å². The molecule has 4 heteroatoms. The Morgan fingerprint density at radius 3 is 2.03 bits per heavy atom. The highest BCUT2D eigenvalue weighted by molar-refractivity contribution is 7.80. The summed E-state index contributed by atoms with van der Waals surface area (Å²) in [5, 5.41) is 5.79. The van der Waals surface area contributed by atoms with Crippen LogP contribution in [0, 0.1) is 0 Å². The van der Waals surface area contributed by atoms with Gasteiger partial charge in [-0.05, 0) is 64.4 Å². The van der Waals surface area contributed by atoms with E-state index >= 15 is 0 Å². The fourth-order valence-corrected chi connectivity index (χ4v) is 6.86. The minimum absolute atomic E-state index is 0.260. The van der Waals surface area contributed by atoms with Gasteiger partial charge in [0.15, 0.2) is 0 Å². The predicted molar refractivity (Wildman–Crippen MR) is 151 cm³/mol. The van der Waals surface area contributed by atoms with Crippen molar-refractivity contribution in [3.05, 3.63) is 115 Å². The number of fused-ring (bicyclic) bond motifs is 1. The molecule has 5 aromatic carbocycles. The van der Waals surface area contributed by atoms with Gasteiger partial charge in [0.2, 0.25) is 0 Å². The van der Waals surface area contributed by atoms with Gasteiger partial charge >= 0.3 is 5.97 Å². The van der Waals surface area contributed by atoms with Crippen LogP contribution in [0.5, 0.6) is 11.5 Å². The van der Waals surface area contributed by atoms with Crippen molar-refractivity contribution < 1.29 is 14.3 Å². The van der Waals surface area contributed by atoms with Crippen molar-refractivity contribution in [3.63, 3.8) is 0 Å². The molecule has 0 saturated carbocycles. The standard InChI is InChI=1S/C32H27O3P/c1-3-31(33)35-29-20-18-23-12-10-11-17-27(23)32(29)28-22-24(34-2)19-21-30(28)36(25-13-6-4-7-14-25)26-15-8-5-9-16-26/h4-22H,3H2,1-2H3. The van der Waals surface area contributed by atoms with Gasteiger partial charge in [0.25, 0.3) is 0 Å². The molecular formula is C32H27O3P. The Labute approximate surface area is 213 Å². The van der Waals surface area contributed by atoms with Crippen molar-refractivity contribution >= 4 is 40.6 Å². The lowest BCUT2D eigenvalue weighted by Crippen LogP contribution is -2.22. The van der Waals surface area contributed by atoms with Crippen LogP contribution in [0.15, 0.2) is 115 Å². The van der Waals surface area contributed by atoms with Crippen LogP contribution >= 0.6 is 7.92 Å².